The van der Waals surface area contributed by atoms with Gasteiger partial charge in [-0.15, -0.1) is 0 Å². The average molecular weight is 470 g/mol. The molecule has 2 N–H and O–H groups in total. The fourth-order valence-electron chi connectivity index (χ4n) is 3.63. The minimum absolute atomic E-state index is 0.0145. The van der Waals surface area contributed by atoms with E-state index in [1.54, 1.807) is 7.11 Å². The molecule has 33 heavy (non-hydrogen) atoms. The summed E-state index contributed by atoms with van der Waals surface area (Å²) in [5.41, 5.74) is 2.94. The van der Waals surface area contributed by atoms with Crippen molar-refractivity contribution in [2.75, 3.05) is 12.9 Å². The van der Waals surface area contributed by atoms with E-state index in [0.717, 1.165) is 22.1 Å². The summed E-state index contributed by atoms with van der Waals surface area (Å²) in [7, 11) is 1.55. The van der Waals surface area contributed by atoms with Crippen molar-refractivity contribution in [1.29, 1.82) is 0 Å². The van der Waals surface area contributed by atoms with Gasteiger partial charge in [0, 0.05) is 34.4 Å². The Bertz CT molecular complexity index is 1200. The molecule has 1 unspecified atom stereocenters. The quantitative estimate of drug-likeness (QED) is 0.435. The van der Waals surface area contributed by atoms with Crippen LogP contribution in [-0.2, 0) is 21.8 Å². The van der Waals surface area contributed by atoms with Gasteiger partial charge < -0.3 is 19.6 Å². The first-order chi connectivity index (χ1) is 15.8. The Morgan fingerprint density at radius 2 is 1.85 bits per heavy atom. The van der Waals surface area contributed by atoms with Crippen LogP contribution in [-0.4, -0.2) is 35.9 Å². The number of nitrogens with one attached hydrogen (secondary N) is 1. The van der Waals surface area contributed by atoms with E-state index in [-0.39, 0.29) is 18.6 Å². The summed E-state index contributed by atoms with van der Waals surface area (Å²) in [5, 5.41) is 12.8. The monoisotopic (exact) mass is 469 g/mol. The van der Waals surface area contributed by atoms with E-state index < -0.39 is 23.5 Å². The molecule has 0 aliphatic carbocycles. The highest BCUT2D eigenvalue weighted by Gasteiger charge is 2.21. The van der Waals surface area contributed by atoms with Crippen LogP contribution in [0, 0.1) is 13.8 Å². The van der Waals surface area contributed by atoms with Crippen LogP contribution in [0.1, 0.15) is 28.7 Å². The molecule has 1 atom stereocenters. The van der Waals surface area contributed by atoms with Crippen LogP contribution in [0.4, 0.5) is 0 Å². The number of benzene rings is 2. The number of carboxylic acid groups (broad SMARTS) is 1. The van der Waals surface area contributed by atoms with Gasteiger partial charge in [0.1, 0.15) is 17.4 Å². The molecule has 0 saturated heterocycles. The summed E-state index contributed by atoms with van der Waals surface area (Å²) in [6.45, 7) is 3.64. The molecule has 1 amide bonds. The second-order valence-electron chi connectivity index (χ2n) is 7.72. The molecular weight excluding hydrogens is 442 g/mol. The number of hydrogen-bond acceptors (Lipinski definition) is 6. The molecule has 1 aromatic heterocycles. The number of hydrogen-bond donors (Lipinski definition) is 2. The van der Waals surface area contributed by atoms with Crippen molar-refractivity contribution in [3.8, 4) is 5.75 Å². The van der Waals surface area contributed by atoms with Gasteiger partial charge in [0.25, 0.3) is 0 Å². The normalized spacial score (nSPS) is 11.8. The lowest BCUT2D eigenvalue weighted by Crippen LogP contribution is -2.42. The largest absolute Gasteiger partial charge is 0.496 e. The number of carboxylic acids is 1. The van der Waals surface area contributed by atoms with Crippen LogP contribution in [0.5, 0.6) is 5.75 Å². The van der Waals surface area contributed by atoms with Gasteiger partial charge in [0.2, 0.25) is 5.91 Å². The molecule has 0 aliphatic heterocycles. The number of thioether (sulfide) groups is 1. The molecule has 0 fully saturated rings. The third kappa shape index (κ3) is 5.96. The summed E-state index contributed by atoms with van der Waals surface area (Å²) in [4.78, 5) is 36.6. The maximum absolute atomic E-state index is 12.6. The lowest BCUT2D eigenvalue weighted by Gasteiger charge is -2.15. The van der Waals surface area contributed by atoms with Gasteiger partial charge in [-0.05, 0) is 43.5 Å². The van der Waals surface area contributed by atoms with Gasteiger partial charge in [-0.1, -0.05) is 30.3 Å². The van der Waals surface area contributed by atoms with Crippen molar-refractivity contribution in [2.24, 2.45) is 0 Å². The molecule has 3 rings (SSSR count). The zero-order valence-electron chi connectivity index (χ0n) is 18.8. The third-order valence-corrected chi connectivity index (χ3v) is 6.61. The highest BCUT2D eigenvalue weighted by atomic mass is 32.2. The Morgan fingerprint density at radius 3 is 2.52 bits per heavy atom. The molecule has 0 aliphatic rings. The van der Waals surface area contributed by atoms with E-state index in [1.165, 1.54) is 11.8 Å². The smallest absolute Gasteiger partial charge is 0.339 e. The summed E-state index contributed by atoms with van der Waals surface area (Å²) in [5.74, 6) is 0.0141. The van der Waals surface area contributed by atoms with E-state index in [4.69, 9.17) is 9.15 Å². The number of amides is 1. The van der Waals surface area contributed by atoms with Gasteiger partial charge in [-0.3, -0.25) is 4.79 Å². The first-order valence-electron chi connectivity index (χ1n) is 10.6. The molecule has 0 spiro atoms. The van der Waals surface area contributed by atoms with Crippen LogP contribution < -0.4 is 15.7 Å². The predicted molar refractivity (Wildman–Crippen MR) is 129 cm³/mol. The fraction of sp³-hybridized carbons (Fsp3) is 0.320. The molecule has 3 aromatic rings. The molecule has 0 saturated carbocycles. The minimum atomic E-state index is -1.09. The molecule has 8 heteroatoms. The number of carbonyl (C=O) groups is 2. The van der Waals surface area contributed by atoms with Crippen molar-refractivity contribution in [3.63, 3.8) is 0 Å². The maximum atomic E-state index is 12.6. The van der Waals surface area contributed by atoms with Crippen molar-refractivity contribution < 1.29 is 23.8 Å². The van der Waals surface area contributed by atoms with Crippen molar-refractivity contribution in [1.82, 2.24) is 5.32 Å². The van der Waals surface area contributed by atoms with Crippen molar-refractivity contribution in [3.05, 3.63) is 75.1 Å². The Hall–Kier alpha value is -3.26. The van der Waals surface area contributed by atoms with Crippen LogP contribution in [0.15, 0.2) is 51.7 Å². The van der Waals surface area contributed by atoms with E-state index in [0.29, 0.717) is 22.6 Å². The molecule has 2 aromatic carbocycles. The molecule has 0 bridgehead atoms. The van der Waals surface area contributed by atoms with Crippen LogP contribution in [0.25, 0.3) is 11.0 Å². The Kier molecular flexibility index (Phi) is 8.16. The summed E-state index contributed by atoms with van der Waals surface area (Å²) in [6, 6.07) is 12.3. The number of fused-ring (bicyclic) bond motifs is 1. The number of rotatable bonds is 10. The fourth-order valence-corrected chi connectivity index (χ4v) is 4.64. The summed E-state index contributed by atoms with van der Waals surface area (Å²) in [6.07, 6.45) is 0.143. The third-order valence-electron chi connectivity index (χ3n) is 5.51. The minimum Gasteiger partial charge on any atom is -0.496 e. The van der Waals surface area contributed by atoms with E-state index >= 15 is 0 Å². The second-order valence-corrected chi connectivity index (χ2v) is 8.75. The van der Waals surface area contributed by atoms with E-state index in [9.17, 15) is 19.5 Å². The highest BCUT2D eigenvalue weighted by Crippen LogP contribution is 2.29. The molecule has 7 nitrogen and oxygen atoms in total. The first-order valence-corrected chi connectivity index (χ1v) is 11.7. The molecular formula is C25H27NO6S. The van der Waals surface area contributed by atoms with Gasteiger partial charge in [-0.2, -0.15) is 11.8 Å². The maximum Gasteiger partial charge on any atom is 0.339 e. The van der Waals surface area contributed by atoms with Gasteiger partial charge in [0.05, 0.1) is 7.11 Å². The van der Waals surface area contributed by atoms with Crippen LogP contribution in [0.3, 0.4) is 0 Å². The SMILES string of the molecule is COc1ccc2c(C)c(CCC(=O)NC(CSCc3ccccc3)C(=O)O)c(=O)oc2c1C. The molecule has 174 valence electrons. The van der Waals surface area contributed by atoms with Gasteiger partial charge in [0.15, 0.2) is 0 Å². The van der Waals surface area contributed by atoms with E-state index in [1.807, 2.05) is 56.3 Å². The highest BCUT2D eigenvalue weighted by molar-refractivity contribution is 7.98. The van der Waals surface area contributed by atoms with Gasteiger partial charge >= 0.3 is 11.6 Å². The zero-order chi connectivity index (χ0) is 24.0. The lowest BCUT2D eigenvalue weighted by atomic mass is 10.00. The number of methoxy groups -OCH3 is 1. The van der Waals surface area contributed by atoms with Crippen molar-refractivity contribution >= 4 is 34.6 Å². The number of carbonyl (C=O) groups excluding carboxylic acids is 1. The Morgan fingerprint density at radius 1 is 1.12 bits per heavy atom. The van der Waals surface area contributed by atoms with Crippen molar-refractivity contribution in [2.45, 2.75) is 38.5 Å². The topological polar surface area (TPSA) is 106 Å². The average Bonchev–Trinajstić information content (AvgIpc) is 2.79. The molecule has 0 radical (unpaired) electrons. The van der Waals surface area contributed by atoms with Crippen LogP contribution >= 0.6 is 11.8 Å². The lowest BCUT2D eigenvalue weighted by molar-refractivity contribution is -0.141. The first kappa shape index (κ1) is 24.4. The van der Waals surface area contributed by atoms with Gasteiger partial charge in [-0.25, -0.2) is 9.59 Å². The predicted octanol–water partition coefficient (Wildman–Crippen LogP) is 3.85. The standard InChI is InChI=1S/C25H27NO6S/c1-15-18-9-11-21(31-3)16(2)23(18)32-25(30)19(15)10-12-22(27)26-20(24(28)29)14-33-13-17-7-5-4-6-8-17/h4-9,11,20H,10,12-14H2,1-3H3,(H,26,27)(H,28,29). The number of aliphatic carboxylic acids is 1. The Balaban J connectivity index is 1.64. The van der Waals surface area contributed by atoms with E-state index in [2.05, 4.69) is 5.32 Å². The summed E-state index contributed by atoms with van der Waals surface area (Å²) >= 11 is 1.44. The number of aryl methyl sites for hydroxylation is 2. The zero-order valence-corrected chi connectivity index (χ0v) is 19.7. The Labute approximate surface area is 196 Å². The molecule has 1 heterocycles. The van der Waals surface area contributed by atoms with Crippen LogP contribution in [0.2, 0.25) is 0 Å². The second kappa shape index (κ2) is 11.0. The number of ether oxygens (including phenoxy) is 1. The summed E-state index contributed by atoms with van der Waals surface area (Å²) < 4.78 is 10.8.